The van der Waals surface area contributed by atoms with Gasteiger partial charge < -0.3 is 10.6 Å². The molecule has 0 radical (unpaired) electrons. The van der Waals surface area contributed by atoms with Crippen molar-refractivity contribution in [3.05, 3.63) is 83.7 Å². The van der Waals surface area contributed by atoms with Crippen molar-refractivity contribution in [1.29, 1.82) is 0 Å². The number of anilines is 2. The summed E-state index contributed by atoms with van der Waals surface area (Å²) < 4.78 is 0. The van der Waals surface area contributed by atoms with Gasteiger partial charge >= 0.3 is 18.9 Å². The van der Waals surface area contributed by atoms with Crippen molar-refractivity contribution in [2.75, 3.05) is 12.4 Å². The van der Waals surface area contributed by atoms with E-state index in [0.29, 0.717) is 0 Å². The van der Waals surface area contributed by atoms with Gasteiger partial charge in [-0.15, -0.1) is 5.69 Å². The number of benzene rings is 2. The number of rotatable bonds is 4. The van der Waals surface area contributed by atoms with Crippen molar-refractivity contribution in [2.24, 2.45) is 4.99 Å². The van der Waals surface area contributed by atoms with Gasteiger partial charge in [0.1, 0.15) is 0 Å². The summed E-state index contributed by atoms with van der Waals surface area (Å²) in [5.41, 5.74) is 5.35. The van der Waals surface area contributed by atoms with Crippen molar-refractivity contribution >= 4 is 22.8 Å². The van der Waals surface area contributed by atoms with Gasteiger partial charge in [-0.25, -0.2) is 0 Å². The van der Waals surface area contributed by atoms with E-state index in [9.17, 15) is 0 Å². The summed E-state index contributed by atoms with van der Waals surface area (Å²) in [4.78, 5) is 4.14. The normalized spacial score (nSPS) is 15.6. The van der Waals surface area contributed by atoms with Gasteiger partial charge in [0.2, 0.25) is 0 Å². The number of aliphatic imine (C=N–C) groups is 1. The molecule has 2 aromatic rings. The molecule has 0 atom stereocenters. The van der Waals surface area contributed by atoms with E-state index in [2.05, 4.69) is 53.7 Å². The third kappa shape index (κ3) is 4.89. The summed E-state index contributed by atoms with van der Waals surface area (Å²) in [7, 11) is 1.79. The van der Waals surface area contributed by atoms with Crippen molar-refractivity contribution in [3.8, 4) is 0 Å². The zero-order chi connectivity index (χ0) is 16.1. The molecule has 0 aliphatic heterocycles. The average molecular weight is 309 g/mol. The Kier molecular flexibility index (Phi) is 6.49. The zero-order valence-corrected chi connectivity index (χ0v) is 14.4. The monoisotopic (exact) mass is 309 g/mol. The van der Waals surface area contributed by atoms with Crippen molar-refractivity contribution in [1.82, 2.24) is 0 Å². The van der Waals surface area contributed by atoms with Gasteiger partial charge in [0, 0.05) is 18.4 Å². The van der Waals surface area contributed by atoms with E-state index < -0.39 is 0 Å². The Morgan fingerprint density at radius 3 is 1.96 bits per heavy atom. The molecule has 0 amide bonds. The molecular formula is C20H20LiN3. The van der Waals surface area contributed by atoms with E-state index in [1.807, 2.05) is 36.4 Å². The minimum atomic E-state index is 0. The Bertz CT molecular complexity index is 727. The third-order valence-electron chi connectivity index (χ3n) is 3.69. The predicted molar refractivity (Wildman–Crippen MR) is 99.3 cm³/mol. The van der Waals surface area contributed by atoms with Crippen LogP contribution in [0.1, 0.15) is 5.56 Å². The molecule has 0 spiro atoms. The molecule has 0 saturated heterocycles. The molecule has 3 nitrogen and oxygen atoms in total. The van der Waals surface area contributed by atoms with Gasteiger partial charge in [-0.1, -0.05) is 48.0 Å². The van der Waals surface area contributed by atoms with Gasteiger partial charge in [-0.05, 0) is 43.3 Å². The van der Waals surface area contributed by atoms with Crippen LogP contribution in [0.15, 0.2) is 77.8 Å². The fourth-order valence-corrected chi connectivity index (χ4v) is 2.36. The SMILES string of the molecule is CN=C1C=CC([N-]c2ccc(Nc3ccc(C)cc3)cc2)C=C1.[Li+]. The molecule has 1 aliphatic rings. The first-order chi connectivity index (χ1) is 11.2. The summed E-state index contributed by atoms with van der Waals surface area (Å²) >= 11 is 0. The maximum atomic E-state index is 4.69. The van der Waals surface area contributed by atoms with Crippen LogP contribution < -0.4 is 24.2 Å². The van der Waals surface area contributed by atoms with Gasteiger partial charge in [0.05, 0.1) is 5.71 Å². The molecular weight excluding hydrogens is 289 g/mol. The van der Waals surface area contributed by atoms with Crippen LogP contribution in [-0.4, -0.2) is 18.8 Å². The topological polar surface area (TPSA) is 38.5 Å². The van der Waals surface area contributed by atoms with E-state index in [4.69, 9.17) is 5.32 Å². The standard InChI is InChI=1S/C20H20N3.Li/c1-15-3-5-17(6-4-15)22-19-11-13-20(14-12-19)23-18-9-7-16(21-2)8-10-18;/h3-14,18,22H,1-2H3;/q-1;+1. The van der Waals surface area contributed by atoms with Gasteiger partial charge in [0.15, 0.2) is 0 Å². The fraction of sp³-hybridized carbons (Fsp3) is 0.150. The first-order valence-electron chi connectivity index (χ1n) is 7.71. The van der Waals surface area contributed by atoms with E-state index in [0.717, 1.165) is 22.8 Å². The van der Waals surface area contributed by atoms with Crippen LogP contribution in [0.5, 0.6) is 0 Å². The van der Waals surface area contributed by atoms with E-state index in [1.165, 1.54) is 5.56 Å². The molecule has 0 bridgehead atoms. The molecule has 116 valence electrons. The smallest absolute Gasteiger partial charge is 0.675 e. The maximum absolute atomic E-state index is 4.69. The third-order valence-corrected chi connectivity index (χ3v) is 3.69. The fourth-order valence-electron chi connectivity index (χ4n) is 2.36. The number of nitrogens with one attached hydrogen (secondary N) is 1. The van der Waals surface area contributed by atoms with Crippen LogP contribution in [0.25, 0.3) is 5.32 Å². The van der Waals surface area contributed by atoms with E-state index in [-0.39, 0.29) is 24.9 Å². The molecule has 4 heteroatoms. The molecule has 0 fully saturated rings. The molecule has 0 aromatic heterocycles. The number of nitrogens with zero attached hydrogens (tertiary/aromatic N) is 2. The molecule has 3 rings (SSSR count). The number of aryl methyl sites for hydroxylation is 1. The minimum absolute atomic E-state index is 0. The molecule has 0 unspecified atom stereocenters. The molecule has 1 N–H and O–H groups in total. The van der Waals surface area contributed by atoms with Crippen LogP contribution in [0.2, 0.25) is 0 Å². The summed E-state index contributed by atoms with van der Waals surface area (Å²) in [6.07, 6.45) is 8.12. The average Bonchev–Trinajstić information content (AvgIpc) is 2.59. The van der Waals surface area contributed by atoms with Gasteiger partial charge in [-0.3, -0.25) is 4.99 Å². The number of hydrogen-bond donors (Lipinski definition) is 1. The van der Waals surface area contributed by atoms with E-state index in [1.54, 1.807) is 7.05 Å². The van der Waals surface area contributed by atoms with Crippen LogP contribution in [0, 0.1) is 6.92 Å². The van der Waals surface area contributed by atoms with Gasteiger partial charge in [0.25, 0.3) is 0 Å². The Morgan fingerprint density at radius 1 is 0.875 bits per heavy atom. The quantitative estimate of drug-likeness (QED) is 0.865. The van der Waals surface area contributed by atoms with Crippen molar-refractivity contribution in [2.45, 2.75) is 13.0 Å². The Hall–Kier alpha value is -2.21. The second kappa shape index (κ2) is 8.59. The van der Waals surface area contributed by atoms with Crippen LogP contribution in [0.3, 0.4) is 0 Å². The molecule has 2 aromatic carbocycles. The summed E-state index contributed by atoms with van der Waals surface area (Å²) in [6.45, 7) is 2.09. The van der Waals surface area contributed by atoms with Crippen LogP contribution >= 0.6 is 0 Å². The Labute approximate surface area is 155 Å². The number of hydrogen-bond acceptors (Lipinski definition) is 2. The minimum Gasteiger partial charge on any atom is -0.675 e. The summed E-state index contributed by atoms with van der Waals surface area (Å²) in [5.74, 6) is 0. The van der Waals surface area contributed by atoms with Crippen LogP contribution in [-0.2, 0) is 0 Å². The predicted octanol–water partition coefficient (Wildman–Crippen LogP) is 2.31. The Morgan fingerprint density at radius 2 is 1.42 bits per heavy atom. The molecule has 0 saturated carbocycles. The first kappa shape index (κ1) is 18.1. The first-order valence-corrected chi connectivity index (χ1v) is 7.71. The number of allylic oxidation sites excluding steroid dienone is 2. The maximum Gasteiger partial charge on any atom is 1.00 e. The zero-order valence-electron chi connectivity index (χ0n) is 14.4. The van der Waals surface area contributed by atoms with Crippen LogP contribution in [0.4, 0.5) is 17.1 Å². The molecule has 1 aliphatic carbocycles. The molecule has 0 heterocycles. The second-order valence-electron chi connectivity index (χ2n) is 5.52. The van der Waals surface area contributed by atoms with Crippen molar-refractivity contribution < 1.29 is 18.9 Å². The Balaban J connectivity index is 0.00000208. The summed E-state index contributed by atoms with van der Waals surface area (Å²) in [6, 6.07) is 16.6. The van der Waals surface area contributed by atoms with Crippen molar-refractivity contribution in [3.63, 3.8) is 0 Å². The second-order valence-corrected chi connectivity index (χ2v) is 5.52. The molecule has 24 heavy (non-hydrogen) atoms. The largest absolute Gasteiger partial charge is 1.00 e. The van der Waals surface area contributed by atoms with Gasteiger partial charge in [-0.2, -0.15) is 0 Å². The summed E-state index contributed by atoms with van der Waals surface area (Å²) in [5, 5.41) is 8.08. The van der Waals surface area contributed by atoms with E-state index >= 15 is 0 Å².